The normalized spacial score (nSPS) is 10.3. The molecule has 2 aromatic rings. The number of carbonyl (C=O) groups excluding carboxylic acids is 1. The molecule has 3 heteroatoms. The molecule has 1 amide bonds. The van der Waals surface area contributed by atoms with Gasteiger partial charge in [0.25, 0.3) is 5.91 Å². The lowest BCUT2D eigenvalue weighted by molar-refractivity contribution is 0.102. The van der Waals surface area contributed by atoms with Crippen LogP contribution in [-0.4, -0.2) is 13.0 Å². The molecule has 0 atom stereocenters. The molecule has 0 unspecified atom stereocenters. The standard InChI is InChI=1S/C17H19NO2/c1-12-4-9-16(10-13(12)2)18-17(19)15-7-5-14(6-8-15)11-20-3/h4-10H,11H2,1-3H3,(H,18,19). The fourth-order valence-corrected chi connectivity index (χ4v) is 1.94. The Morgan fingerprint density at radius 3 is 2.35 bits per heavy atom. The zero-order chi connectivity index (χ0) is 14.5. The maximum atomic E-state index is 12.1. The number of methoxy groups -OCH3 is 1. The van der Waals surface area contributed by atoms with Crippen LogP contribution in [0.4, 0.5) is 5.69 Å². The summed E-state index contributed by atoms with van der Waals surface area (Å²) in [6, 6.07) is 13.3. The summed E-state index contributed by atoms with van der Waals surface area (Å²) >= 11 is 0. The number of aryl methyl sites for hydroxylation is 2. The molecule has 0 aliphatic heterocycles. The predicted octanol–water partition coefficient (Wildman–Crippen LogP) is 3.70. The molecule has 0 aliphatic rings. The highest BCUT2D eigenvalue weighted by atomic mass is 16.5. The Bertz CT molecular complexity index is 603. The number of rotatable bonds is 4. The number of anilines is 1. The average Bonchev–Trinajstić information content (AvgIpc) is 2.44. The van der Waals surface area contributed by atoms with Crippen molar-refractivity contribution in [3.05, 3.63) is 64.7 Å². The monoisotopic (exact) mass is 269 g/mol. The van der Waals surface area contributed by atoms with Crippen LogP contribution in [0.5, 0.6) is 0 Å². The SMILES string of the molecule is COCc1ccc(C(=O)Nc2ccc(C)c(C)c2)cc1. The Morgan fingerprint density at radius 1 is 1.05 bits per heavy atom. The van der Waals surface area contributed by atoms with Crippen LogP contribution in [0, 0.1) is 13.8 Å². The highest BCUT2D eigenvalue weighted by molar-refractivity contribution is 6.04. The van der Waals surface area contributed by atoms with Crippen molar-refractivity contribution in [3.8, 4) is 0 Å². The second-order valence-electron chi connectivity index (χ2n) is 4.88. The largest absolute Gasteiger partial charge is 0.380 e. The van der Waals surface area contributed by atoms with E-state index in [0.717, 1.165) is 11.3 Å². The van der Waals surface area contributed by atoms with E-state index in [0.29, 0.717) is 12.2 Å². The van der Waals surface area contributed by atoms with Crippen LogP contribution in [0.3, 0.4) is 0 Å². The van der Waals surface area contributed by atoms with Gasteiger partial charge in [-0.1, -0.05) is 18.2 Å². The number of nitrogens with one attached hydrogen (secondary N) is 1. The van der Waals surface area contributed by atoms with Crippen molar-refractivity contribution in [2.45, 2.75) is 20.5 Å². The molecule has 0 bridgehead atoms. The van der Waals surface area contributed by atoms with E-state index in [9.17, 15) is 4.79 Å². The van der Waals surface area contributed by atoms with E-state index in [-0.39, 0.29) is 5.91 Å². The third kappa shape index (κ3) is 3.45. The van der Waals surface area contributed by atoms with Crippen molar-refractivity contribution in [2.75, 3.05) is 12.4 Å². The van der Waals surface area contributed by atoms with Gasteiger partial charge in [0, 0.05) is 18.4 Å². The number of hydrogen-bond acceptors (Lipinski definition) is 2. The van der Waals surface area contributed by atoms with Gasteiger partial charge in [0.2, 0.25) is 0 Å². The number of carbonyl (C=O) groups is 1. The van der Waals surface area contributed by atoms with Gasteiger partial charge in [-0.05, 0) is 54.8 Å². The summed E-state index contributed by atoms with van der Waals surface area (Å²) in [4.78, 5) is 12.1. The summed E-state index contributed by atoms with van der Waals surface area (Å²) in [6.07, 6.45) is 0. The van der Waals surface area contributed by atoms with E-state index < -0.39 is 0 Å². The van der Waals surface area contributed by atoms with Gasteiger partial charge in [0.05, 0.1) is 6.61 Å². The van der Waals surface area contributed by atoms with Crippen LogP contribution in [0.15, 0.2) is 42.5 Å². The quantitative estimate of drug-likeness (QED) is 0.919. The van der Waals surface area contributed by atoms with Crippen LogP contribution in [-0.2, 0) is 11.3 Å². The van der Waals surface area contributed by atoms with E-state index in [1.165, 1.54) is 11.1 Å². The highest BCUT2D eigenvalue weighted by Gasteiger charge is 2.06. The molecule has 0 saturated carbocycles. The lowest BCUT2D eigenvalue weighted by Crippen LogP contribution is -2.12. The number of ether oxygens (including phenoxy) is 1. The molecule has 0 saturated heterocycles. The molecule has 0 aliphatic carbocycles. The van der Waals surface area contributed by atoms with Crippen LogP contribution in [0.1, 0.15) is 27.0 Å². The molecule has 0 spiro atoms. The number of amides is 1. The first kappa shape index (κ1) is 14.3. The maximum Gasteiger partial charge on any atom is 0.255 e. The van der Waals surface area contributed by atoms with Gasteiger partial charge in [-0.2, -0.15) is 0 Å². The van der Waals surface area contributed by atoms with Crippen molar-refractivity contribution in [3.63, 3.8) is 0 Å². The molecule has 20 heavy (non-hydrogen) atoms. The first-order chi connectivity index (χ1) is 9.60. The van der Waals surface area contributed by atoms with Crippen LogP contribution in [0.2, 0.25) is 0 Å². The van der Waals surface area contributed by atoms with Crippen molar-refractivity contribution < 1.29 is 9.53 Å². The van der Waals surface area contributed by atoms with Gasteiger partial charge < -0.3 is 10.1 Å². The van der Waals surface area contributed by atoms with Gasteiger partial charge in [-0.3, -0.25) is 4.79 Å². The third-order valence-electron chi connectivity index (χ3n) is 3.29. The Kier molecular flexibility index (Phi) is 4.53. The minimum absolute atomic E-state index is 0.0998. The van der Waals surface area contributed by atoms with Crippen molar-refractivity contribution in [1.82, 2.24) is 0 Å². The second kappa shape index (κ2) is 6.35. The summed E-state index contributed by atoms with van der Waals surface area (Å²) in [5.74, 6) is -0.0998. The van der Waals surface area contributed by atoms with E-state index >= 15 is 0 Å². The first-order valence-corrected chi connectivity index (χ1v) is 6.56. The molecular weight excluding hydrogens is 250 g/mol. The zero-order valence-corrected chi connectivity index (χ0v) is 12.1. The lowest BCUT2D eigenvalue weighted by Gasteiger charge is -2.08. The van der Waals surface area contributed by atoms with Crippen molar-refractivity contribution >= 4 is 11.6 Å². The average molecular weight is 269 g/mol. The fraction of sp³-hybridized carbons (Fsp3) is 0.235. The molecule has 0 radical (unpaired) electrons. The lowest BCUT2D eigenvalue weighted by atomic mass is 10.1. The summed E-state index contributed by atoms with van der Waals surface area (Å²) in [5.41, 5.74) is 4.89. The van der Waals surface area contributed by atoms with Gasteiger partial charge in [0.15, 0.2) is 0 Å². The molecule has 0 fully saturated rings. The summed E-state index contributed by atoms with van der Waals surface area (Å²) in [7, 11) is 1.65. The molecular formula is C17H19NO2. The number of hydrogen-bond donors (Lipinski definition) is 1. The van der Waals surface area contributed by atoms with Crippen molar-refractivity contribution in [2.24, 2.45) is 0 Å². The Labute approximate surface area is 119 Å². The van der Waals surface area contributed by atoms with E-state index in [1.807, 2.05) is 49.4 Å². The van der Waals surface area contributed by atoms with E-state index in [1.54, 1.807) is 7.11 Å². The van der Waals surface area contributed by atoms with Gasteiger partial charge in [0.1, 0.15) is 0 Å². The van der Waals surface area contributed by atoms with Gasteiger partial charge in [-0.15, -0.1) is 0 Å². The first-order valence-electron chi connectivity index (χ1n) is 6.56. The van der Waals surface area contributed by atoms with Crippen LogP contribution in [0.25, 0.3) is 0 Å². The highest BCUT2D eigenvalue weighted by Crippen LogP contribution is 2.15. The zero-order valence-electron chi connectivity index (χ0n) is 12.1. The molecule has 3 nitrogen and oxygen atoms in total. The van der Waals surface area contributed by atoms with Gasteiger partial charge >= 0.3 is 0 Å². The van der Waals surface area contributed by atoms with Gasteiger partial charge in [-0.25, -0.2) is 0 Å². The topological polar surface area (TPSA) is 38.3 Å². The predicted molar refractivity (Wildman–Crippen MR) is 81.0 cm³/mol. The van der Waals surface area contributed by atoms with Crippen LogP contribution >= 0.6 is 0 Å². The van der Waals surface area contributed by atoms with Crippen molar-refractivity contribution in [1.29, 1.82) is 0 Å². The molecule has 0 aromatic heterocycles. The Morgan fingerprint density at radius 2 is 1.75 bits per heavy atom. The minimum atomic E-state index is -0.0998. The second-order valence-corrected chi connectivity index (χ2v) is 4.88. The summed E-state index contributed by atoms with van der Waals surface area (Å²) in [5, 5.41) is 2.91. The molecule has 1 N–H and O–H groups in total. The summed E-state index contributed by atoms with van der Waals surface area (Å²) < 4.78 is 5.05. The van der Waals surface area contributed by atoms with E-state index in [4.69, 9.17) is 4.74 Å². The molecule has 0 heterocycles. The molecule has 104 valence electrons. The Balaban J connectivity index is 2.09. The summed E-state index contributed by atoms with van der Waals surface area (Å²) in [6.45, 7) is 4.64. The molecule has 2 aromatic carbocycles. The smallest absolute Gasteiger partial charge is 0.255 e. The molecule has 2 rings (SSSR count). The Hall–Kier alpha value is -2.13. The minimum Gasteiger partial charge on any atom is -0.380 e. The fourth-order valence-electron chi connectivity index (χ4n) is 1.94. The van der Waals surface area contributed by atoms with Crippen LogP contribution < -0.4 is 5.32 Å². The van der Waals surface area contributed by atoms with E-state index in [2.05, 4.69) is 12.2 Å². The number of benzene rings is 2. The maximum absolute atomic E-state index is 12.1. The third-order valence-corrected chi connectivity index (χ3v) is 3.29.